The first-order valence-corrected chi connectivity index (χ1v) is 11.4. The number of benzene rings is 1. The quantitative estimate of drug-likeness (QED) is 0.497. The molecule has 4 N–H and O–H groups in total. The van der Waals surface area contributed by atoms with Crippen LogP contribution in [0.5, 0.6) is 0 Å². The Morgan fingerprint density at radius 1 is 1.25 bits per heavy atom. The second-order valence-corrected chi connectivity index (χ2v) is 8.89. The Morgan fingerprint density at radius 3 is 2.72 bits per heavy atom. The van der Waals surface area contributed by atoms with Gasteiger partial charge in [-0.3, -0.25) is 0 Å². The van der Waals surface area contributed by atoms with Gasteiger partial charge < -0.3 is 25.2 Å². The van der Waals surface area contributed by atoms with Gasteiger partial charge in [-0.05, 0) is 56.9 Å². The first-order chi connectivity index (χ1) is 15.6. The zero-order valence-corrected chi connectivity index (χ0v) is 18.2. The fourth-order valence-electron chi connectivity index (χ4n) is 4.23. The zero-order chi connectivity index (χ0) is 22.1. The van der Waals surface area contributed by atoms with Crippen LogP contribution in [0.4, 0.5) is 0 Å². The van der Waals surface area contributed by atoms with Crippen LogP contribution in [0.1, 0.15) is 61.8 Å². The van der Waals surface area contributed by atoms with E-state index in [2.05, 4.69) is 27.3 Å². The van der Waals surface area contributed by atoms with Crippen LogP contribution in [0.2, 0.25) is 0 Å². The minimum Gasteiger partial charge on any atom is -0.385 e. The van der Waals surface area contributed by atoms with Crippen LogP contribution in [-0.2, 0) is 0 Å². The van der Waals surface area contributed by atoms with Crippen molar-refractivity contribution in [3.05, 3.63) is 59.8 Å². The highest BCUT2D eigenvalue weighted by atomic mass is 16.5. The second kappa shape index (κ2) is 8.91. The average Bonchev–Trinajstić information content (AvgIpc) is 3.23. The molecule has 2 aromatic heterocycles. The van der Waals surface area contributed by atoms with E-state index in [9.17, 15) is 5.11 Å². The fraction of sp³-hybridized carbons (Fsp3) is 0.440. The molecule has 32 heavy (non-hydrogen) atoms. The lowest BCUT2D eigenvalue weighted by Crippen LogP contribution is -2.41. The van der Waals surface area contributed by atoms with Gasteiger partial charge in [-0.2, -0.15) is 0 Å². The summed E-state index contributed by atoms with van der Waals surface area (Å²) in [5.74, 6) is 8.44. The first-order valence-electron chi connectivity index (χ1n) is 11.4. The lowest BCUT2D eigenvalue weighted by Gasteiger charge is -2.32. The smallest absolute Gasteiger partial charge is 0.167 e. The third-order valence-electron chi connectivity index (χ3n) is 6.28. The van der Waals surface area contributed by atoms with Crippen molar-refractivity contribution in [2.75, 3.05) is 6.54 Å². The van der Waals surface area contributed by atoms with Gasteiger partial charge in [-0.15, -0.1) is 0 Å². The number of nitrogens with two attached hydrogens (primary N) is 1. The lowest BCUT2D eigenvalue weighted by molar-refractivity contribution is 0.182. The fourth-order valence-corrected chi connectivity index (χ4v) is 4.23. The van der Waals surface area contributed by atoms with Gasteiger partial charge in [-0.25, -0.2) is 4.98 Å². The molecule has 0 amide bonds. The zero-order valence-electron chi connectivity index (χ0n) is 18.2. The molecule has 3 aromatic rings. The van der Waals surface area contributed by atoms with E-state index in [-0.39, 0.29) is 6.04 Å². The third-order valence-corrected chi connectivity index (χ3v) is 6.28. The molecule has 0 radical (unpaired) electrons. The number of nitrogens with one attached hydrogen (secondary N) is 1. The molecular weight excluding hydrogens is 402 g/mol. The predicted octanol–water partition coefficient (Wildman–Crippen LogP) is 3.02. The van der Waals surface area contributed by atoms with Gasteiger partial charge in [-0.1, -0.05) is 17.0 Å². The summed E-state index contributed by atoms with van der Waals surface area (Å²) in [5.41, 5.74) is 8.65. The number of nitrogens with zero attached hydrogens (tertiary/aromatic N) is 3. The molecule has 2 atom stereocenters. The minimum absolute atomic E-state index is 0.259. The molecular formula is C25H29N5O2. The van der Waals surface area contributed by atoms with Crippen molar-refractivity contribution in [2.24, 2.45) is 11.7 Å². The Kier molecular flexibility index (Phi) is 5.83. The Hall–Kier alpha value is -2.92. The van der Waals surface area contributed by atoms with Crippen molar-refractivity contribution in [1.29, 1.82) is 0 Å². The molecule has 0 spiro atoms. The summed E-state index contributed by atoms with van der Waals surface area (Å²) in [5, 5.41) is 17.9. The number of aliphatic hydroxyl groups is 1. The number of hydrogen-bond acceptors (Lipinski definition) is 6. The summed E-state index contributed by atoms with van der Waals surface area (Å²) in [6, 6.07) is 11.1. The normalized spacial score (nSPS) is 22.0. The molecule has 2 heterocycles. The van der Waals surface area contributed by atoms with Gasteiger partial charge in [0.05, 0.1) is 6.04 Å². The number of aromatic nitrogens is 3. The van der Waals surface area contributed by atoms with Crippen LogP contribution in [0.3, 0.4) is 0 Å². The van der Waals surface area contributed by atoms with Crippen LogP contribution < -0.4 is 11.1 Å². The van der Waals surface area contributed by atoms with Crippen molar-refractivity contribution in [2.45, 2.75) is 56.8 Å². The minimum atomic E-state index is -0.695. The van der Waals surface area contributed by atoms with Gasteiger partial charge in [0, 0.05) is 54.1 Å². The second-order valence-electron chi connectivity index (χ2n) is 8.89. The van der Waals surface area contributed by atoms with Crippen molar-refractivity contribution >= 4 is 0 Å². The standard InChI is InChI=1S/C25H29N5O2/c1-16(31)25-27-10-11-30(25)23(15-26)22-14-24(32-29-22)19-6-4-17(5-7-19)2-3-18-12-21(13-18)28-20-8-9-20/h4-7,10-11,14,16,18,20-21,23,28,31H,8-9,12-13,15,26H2,1H3. The van der Waals surface area contributed by atoms with Crippen LogP contribution in [-0.4, -0.2) is 38.4 Å². The maximum Gasteiger partial charge on any atom is 0.167 e. The maximum absolute atomic E-state index is 9.96. The molecule has 2 saturated carbocycles. The predicted molar refractivity (Wildman–Crippen MR) is 122 cm³/mol. The Labute approximate surface area is 188 Å². The molecule has 1 aromatic carbocycles. The number of imidazole rings is 1. The third kappa shape index (κ3) is 4.49. The molecule has 0 aliphatic heterocycles. The van der Waals surface area contributed by atoms with Gasteiger partial charge in [0.15, 0.2) is 5.76 Å². The summed E-state index contributed by atoms with van der Waals surface area (Å²) >= 11 is 0. The summed E-state index contributed by atoms with van der Waals surface area (Å²) in [4.78, 5) is 4.23. The van der Waals surface area contributed by atoms with E-state index in [1.165, 1.54) is 25.7 Å². The van der Waals surface area contributed by atoms with Gasteiger partial charge in [0.1, 0.15) is 17.6 Å². The summed E-state index contributed by atoms with van der Waals surface area (Å²) in [6.45, 7) is 1.99. The molecule has 2 fully saturated rings. The van der Waals surface area contributed by atoms with Crippen molar-refractivity contribution in [1.82, 2.24) is 20.0 Å². The summed E-state index contributed by atoms with van der Waals surface area (Å²) in [7, 11) is 0. The molecule has 7 nitrogen and oxygen atoms in total. The SMILES string of the molecule is CC(O)c1nccn1C(CN)c1cc(-c2ccc(C#CC3CC(NC4CC4)C3)cc2)on1. The van der Waals surface area contributed by atoms with E-state index < -0.39 is 6.10 Å². The Bertz CT molecular complexity index is 1110. The van der Waals surface area contributed by atoms with E-state index >= 15 is 0 Å². The molecule has 166 valence electrons. The van der Waals surface area contributed by atoms with Gasteiger partial charge in [0.2, 0.25) is 0 Å². The largest absolute Gasteiger partial charge is 0.385 e. The van der Waals surface area contributed by atoms with Crippen molar-refractivity contribution in [3.63, 3.8) is 0 Å². The Morgan fingerprint density at radius 2 is 2.03 bits per heavy atom. The summed E-state index contributed by atoms with van der Waals surface area (Å²) in [6.07, 6.45) is 7.76. The molecule has 7 heteroatoms. The number of rotatable bonds is 7. The van der Waals surface area contributed by atoms with Crippen molar-refractivity contribution in [3.8, 4) is 23.2 Å². The number of hydrogen-bond donors (Lipinski definition) is 3. The number of aliphatic hydroxyl groups excluding tert-OH is 1. The van der Waals surface area contributed by atoms with Crippen LogP contribution in [0.15, 0.2) is 47.2 Å². The monoisotopic (exact) mass is 431 g/mol. The Balaban J connectivity index is 1.24. The lowest BCUT2D eigenvalue weighted by atomic mass is 9.80. The molecule has 0 bridgehead atoms. The van der Waals surface area contributed by atoms with Crippen LogP contribution >= 0.6 is 0 Å². The molecule has 2 aliphatic carbocycles. The van der Waals surface area contributed by atoms with Gasteiger partial charge in [0.25, 0.3) is 0 Å². The van der Waals surface area contributed by atoms with Crippen molar-refractivity contribution < 1.29 is 9.63 Å². The summed E-state index contributed by atoms with van der Waals surface area (Å²) < 4.78 is 7.44. The highest BCUT2D eigenvalue weighted by Gasteiger charge is 2.32. The molecule has 5 rings (SSSR count). The van der Waals surface area contributed by atoms with Crippen LogP contribution in [0.25, 0.3) is 11.3 Å². The highest BCUT2D eigenvalue weighted by Crippen LogP contribution is 2.31. The first kappa shape index (κ1) is 21.0. The highest BCUT2D eigenvalue weighted by molar-refractivity contribution is 5.59. The van der Waals surface area contributed by atoms with E-state index in [0.717, 1.165) is 17.2 Å². The van der Waals surface area contributed by atoms with Gasteiger partial charge >= 0.3 is 0 Å². The van der Waals surface area contributed by atoms with E-state index in [0.29, 0.717) is 35.8 Å². The topological polar surface area (TPSA) is 102 Å². The van der Waals surface area contributed by atoms with E-state index in [4.69, 9.17) is 10.3 Å². The molecule has 2 aliphatic rings. The average molecular weight is 432 g/mol. The van der Waals surface area contributed by atoms with E-state index in [1.807, 2.05) is 34.9 Å². The van der Waals surface area contributed by atoms with E-state index in [1.54, 1.807) is 19.3 Å². The maximum atomic E-state index is 9.96. The molecule has 0 saturated heterocycles. The molecule has 2 unspecified atom stereocenters. The van der Waals surface area contributed by atoms with Crippen LogP contribution in [0, 0.1) is 17.8 Å².